The van der Waals surface area contributed by atoms with Crippen LogP contribution >= 0.6 is 0 Å². The second-order valence-corrected chi connectivity index (χ2v) is 7.09. The molecular weight excluding hydrogens is 264 g/mol. The number of nitrogens with zero attached hydrogens (tertiary/aromatic N) is 3. The van der Waals surface area contributed by atoms with Crippen molar-refractivity contribution in [3.63, 3.8) is 0 Å². The van der Waals surface area contributed by atoms with Crippen molar-refractivity contribution in [3.05, 3.63) is 11.9 Å². The summed E-state index contributed by atoms with van der Waals surface area (Å²) in [7, 11) is -2.91. The molecule has 1 saturated heterocycles. The minimum Gasteiger partial charge on any atom is -0.370 e. The van der Waals surface area contributed by atoms with E-state index in [1.165, 1.54) is 6.33 Å². The predicted octanol–water partition coefficient (Wildman–Crippen LogP) is 0.840. The highest BCUT2D eigenvalue weighted by atomic mass is 32.2. The summed E-state index contributed by atoms with van der Waals surface area (Å²) >= 11 is 0. The molecule has 1 aromatic heterocycles. The molecule has 0 radical (unpaired) electrons. The minimum atomic E-state index is -2.91. The highest BCUT2D eigenvalue weighted by Crippen LogP contribution is 2.26. The first-order chi connectivity index (χ1) is 8.94. The van der Waals surface area contributed by atoms with Gasteiger partial charge >= 0.3 is 0 Å². The monoisotopic (exact) mass is 284 g/mol. The van der Waals surface area contributed by atoms with Crippen molar-refractivity contribution in [2.45, 2.75) is 26.8 Å². The van der Waals surface area contributed by atoms with Crippen molar-refractivity contribution in [1.29, 1.82) is 0 Å². The molecule has 2 rings (SSSR count). The summed E-state index contributed by atoms with van der Waals surface area (Å²) in [6, 6.07) is -0.0539. The molecule has 0 amide bonds. The van der Waals surface area contributed by atoms with Gasteiger partial charge in [-0.25, -0.2) is 18.4 Å². The predicted molar refractivity (Wildman–Crippen MR) is 76.4 cm³/mol. The third kappa shape index (κ3) is 2.97. The van der Waals surface area contributed by atoms with Crippen molar-refractivity contribution < 1.29 is 8.42 Å². The Labute approximate surface area is 114 Å². The van der Waals surface area contributed by atoms with Crippen LogP contribution < -0.4 is 10.2 Å². The van der Waals surface area contributed by atoms with Crippen molar-refractivity contribution in [1.82, 2.24) is 9.97 Å². The molecule has 0 spiro atoms. The van der Waals surface area contributed by atoms with E-state index in [-0.39, 0.29) is 17.5 Å². The number of sulfone groups is 1. The summed E-state index contributed by atoms with van der Waals surface area (Å²) in [5.74, 6) is 2.02. The first-order valence-corrected chi connectivity index (χ1v) is 8.29. The van der Waals surface area contributed by atoms with Crippen molar-refractivity contribution >= 4 is 21.5 Å². The van der Waals surface area contributed by atoms with Crippen LogP contribution in [0.25, 0.3) is 0 Å². The van der Waals surface area contributed by atoms with Gasteiger partial charge in [0, 0.05) is 24.7 Å². The first kappa shape index (κ1) is 14.0. The highest BCUT2D eigenvalue weighted by Gasteiger charge is 2.30. The molecule has 6 nitrogen and oxygen atoms in total. The van der Waals surface area contributed by atoms with Gasteiger partial charge in [-0.1, -0.05) is 0 Å². The maximum absolute atomic E-state index is 11.6. The van der Waals surface area contributed by atoms with Crippen molar-refractivity contribution in [2.24, 2.45) is 0 Å². The molecule has 1 unspecified atom stereocenters. The molecule has 1 aliphatic heterocycles. The maximum Gasteiger partial charge on any atom is 0.154 e. The van der Waals surface area contributed by atoms with Crippen LogP contribution in [0.2, 0.25) is 0 Å². The Kier molecular flexibility index (Phi) is 3.93. The normalized spacial score (nSPS) is 22.3. The quantitative estimate of drug-likeness (QED) is 0.886. The topological polar surface area (TPSA) is 75.2 Å². The van der Waals surface area contributed by atoms with E-state index in [4.69, 9.17) is 0 Å². The SMILES string of the molecule is CCNc1ncnc(N2CCS(=O)(=O)CC2C)c1C. The van der Waals surface area contributed by atoms with Crippen LogP contribution in [0, 0.1) is 6.92 Å². The lowest BCUT2D eigenvalue weighted by Crippen LogP contribution is -2.47. The van der Waals surface area contributed by atoms with Crippen LogP contribution in [0.5, 0.6) is 0 Å². The van der Waals surface area contributed by atoms with E-state index in [0.29, 0.717) is 6.54 Å². The van der Waals surface area contributed by atoms with E-state index in [0.717, 1.165) is 23.7 Å². The first-order valence-electron chi connectivity index (χ1n) is 6.47. The van der Waals surface area contributed by atoms with Crippen LogP contribution in [-0.4, -0.2) is 49.0 Å². The lowest BCUT2D eigenvalue weighted by atomic mass is 10.2. The van der Waals surface area contributed by atoms with Crippen LogP contribution in [-0.2, 0) is 9.84 Å². The molecule has 0 aromatic carbocycles. The Morgan fingerprint density at radius 2 is 2.21 bits per heavy atom. The third-order valence-electron chi connectivity index (χ3n) is 3.34. The minimum absolute atomic E-state index is 0.0539. The summed E-state index contributed by atoms with van der Waals surface area (Å²) in [6.07, 6.45) is 1.52. The van der Waals surface area contributed by atoms with Gasteiger partial charge in [0.15, 0.2) is 9.84 Å². The number of aromatic nitrogens is 2. The van der Waals surface area contributed by atoms with Crippen LogP contribution in [0.3, 0.4) is 0 Å². The zero-order valence-electron chi connectivity index (χ0n) is 11.5. The average molecular weight is 284 g/mol. The van der Waals surface area contributed by atoms with E-state index >= 15 is 0 Å². The Balaban J connectivity index is 2.30. The number of hydrogen-bond donors (Lipinski definition) is 1. The summed E-state index contributed by atoms with van der Waals surface area (Å²) in [4.78, 5) is 10.6. The third-order valence-corrected chi connectivity index (χ3v) is 5.14. The van der Waals surface area contributed by atoms with E-state index in [1.54, 1.807) is 0 Å². The van der Waals surface area contributed by atoms with E-state index in [1.807, 2.05) is 20.8 Å². The Morgan fingerprint density at radius 3 is 2.84 bits per heavy atom. The molecule has 2 heterocycles. The van der Waals surface area contributed by atoms with Crippen molar-refractivity contribution in [3.8, 4) is 0 Å². The van der Waals surface area contributed by atoms with E-state index in [2.05, 4.69) is 20.2 Å². The fraction of sp³-hybridized carbons (Fsp3) is 0.667. The molecule has 1 atom stereocenters. The molecule has 106 valence electrons. The van der Waals surface area contributed by atoms with Crippen molar-refractivity contribution in [2.75, 3.05) is 34.8 Å². The molecule has 19 heavy (non-hydrogen) atoms. The number of nitrogens with one attached hydrogen (secondary N) is 1. The molecule has 1 aromatic rings. The highest BCUT2D eigenvalue weighted by molar-refractivity contribution is 7.91. The molecule has 7 heteroatoms. The van der Waals surface area contributed by atoms with Gasteiger partial charge in [-0.15, -0.1) is 0 Å². The van der Waals surface area contributed by atoms with Gasteiger partial charge in [0.2, 0.25) is 0 Å². The van der Waals surface area contributed by atoms with Gasteiger partial charge in [0.25, 0.3) is 0 Å². The Bertz CT molecular complexity index is 559. The maximum atomic E-state index is 11.6. The zero-order valence-corrected chi connectivity index (χ0v) is 12.4. The van der Waals surface area contributed by atoms with Gasteiger partial charge in [0.1, 0.15) is 18.0 Å². The number of rotatable bonds is 3. The van der Waals surface area contributed by atoms with Gasteiger partial charge in [0.05, 0.1) is 11.5 Å². The van der Waals surface area contributed by atoms with Gasteiger partial charge < -0.3 is 10.2 Å². The number of anilines is 2. The van der Waals surface area contributed by atoms with Gasteiger partial charge in [-0.05, 0) is 20.8 Å². The summed E-state index contributed by atoms with van der Waals surface area (Å²) in [6.45, 7) is 7.18. The molecule has 1 fully saturated rings. The average Bonchev–Trinajstić information content (AvgIpc) is 2.32. The smallest absolute Gasteiger partial charge is 0.154 e. The molecular formula is C12H20N4O2S. The molecule has 0 bridgehead atoms. The van der Waals surface area contributed by atoms with Crippen LogP contribution in [0.4, 0.5) is 11.6 Å². The van der Waals surface area contributed by atoms with E-state index in [9.17, 15) is 8.42 Å². The Morgan fingerprint density at radius 1 is 1.47 bits per heavy atom. The van der Waals surface area contributed by atoms with Gasteiger partial charge in [-0.3, -0.25) is 0 Å². The molecule has 0 aliphatic carbocycles. The zero-order chi connectivity index (χ0) is 14.0. The molecule has 0 saturated carbocycles. The van der Waals surface area contributed by atoms with E-state index < -0.39 is 9.84 Å². The van der Waals surface area contributed by atoms with Gasteiger partial charge in [-0.2, -0.15) is 0 Å². The fourth-order valence-corrected chi connectivity index (χ4v) is 3.95. The molecule has 1 aliphatic rings. The summed E-state index contributed by atoms with van der Waals surface area (Å²) in [5, 5.41) is 3.19. The summed E-state index contributed by atoms with van der Waals surface area (Å²) in [5.41, 5.74) is 0.968. The lowest BCUT2D eigenvalue weighted by Gasteiger charge is -2.35. The Hall–Kier alpha value is -1.37. The lowest BCUT2D eigenvalue weighted by molar-refractivity contribution is 0.566. The van der Waals surface area contributed by atoms with Crippen LogP contribution in [0.15, 0.2) is 6.33 Å². The molecule has 1 N–H and O–H groups in total. The van der Waals surface area contributed by atoms with Crippen LogP contribution in [0.1, 0.15) is 19.4 Å². The summed E-state index contributed by atoms with van der Waals surface area (Å²) < 4.78 is 23.2. The largest absolute Gasteiger partial charge is 0.370 e. The second-order valence-electron chi connectivity index (χ2n) is 4.86. The fourth-order valence-electron chi connectivity index (χ4n) is 2.39. The second kappa shape index (κ2) is 5.32. The standard InChI is InChI=1S/C12H20N4O2S/c1-4-13-11-10(3)12(15-8-14-11)16-5-6-19(17,18)7-9(16)2/h8-9H,4-7H2,1-3H3,(H,13,14,15). The number of hydrogen-bond acceptors (Lipinski definition) is 6.